The molecule has 0 heterocycles. The molecule has 2 aromatic rings. The fraction of sp³-hybridized carbons (Fsp3) is 0.143. The molecule has 0 aliphatic carbocycles. The van der Waals surface area contributed by atoms with Crippen LogP contribution in [0.5, 0.6) is 0 Å². The van der Waals surface area contributed by atoms with Crippen molar-refractivity contribution < 1.29 is 12.8 Å². The van der Waals surface area contributed by atoms with Crippen molar-refractivity contribution in [2.24, 2.45) is 0 Å². The Kier molecular flexibility index (Phi) is 4.57. The summed E-state index contributed by atoms with van der Waals surface area (Å²) in [4.78, 5) is -0.328. The van der Waals surface area contributed by atoms with Gasteiger partial charge in [0.25, 0.3) is 0 Å². The lowest BCUT2D eigenvalue weighted by atomic mass is 10.2. The molecule has 0 aliphatic heterocycles. The summed E-state index contributed by atoms with van der Waals surface area (Å²) in [6.07, 6.45) is 0. The molecule has 0 fully saturated rings. The summed E-state index contributed by atoms with van der Waals surface area (Å²) in [5, 5.41) is 0. The van der Waals surface area contributed by atoms with Crippen molar-refractivity contribution in [2.75, 3.05) is 7.05 Å². The number of hydrogen-bond acceptors (Lipinski definition) is 2. The monoisotopic (exact) mass is 357 g/mol. The Balaban J connectivity index is 2.32. The van der Waals surface area contributed by atoms with Crippen LogP contribution in [0.25, 0.3) is 0 Å². The summed E-state index contributed by atoms with van der Waals surface area (Å²) >= 11 is 3.16. The molecule has 0 aromatic heterocycles. The number of benzene rings is 2. The second-order valence-electron chi connectivity index (χ2n) is 4.32. The summed E-state index contributed by atoms with van der Waals surface area (Å²) in [5.74, 6) is -0.756. The van der Waals surface area contributed by atoms with Crippen molar-refractivity contribution in [1.82, 2.24) is 4.31 Å². The van der Waals surface area contributed by atoms with Crippen LogP contribution >= 0.6 is 15.9 Å². The highest BCUT2D eigenvalue weighted by Gasteiger charge is 2.24. The summed E-state index contributed by atoms with van der Waals surface area (Å²) in [5.41, 5.74) is 0.842. The number of sulfonamides is 1. The van der Waals surface area contributed by atoms with Gasteiger partial charge in [-0.15, -0.1) is 0 Å². The lowest BCUT2D eigenvalue weighted by Gasteiger charge is -2.17. The Labute approximate surface area is 126 Å². The minimum absolute atomic E-state index is 0.190. The molecule has 20 heavy (non-hydrogen) atoms. The van der Waals surface area contributed by atoms with Gasteiger partial charge in [0.15, 0.2) is 0 Å². The average Bonchev–Trinajstić information content (AvgIpc) is 2.42. The molecule has 0 spiro atoms. The standard InChI is InChI=1S/C14H13BrFNO2S/c1-17(10-11-5-3-2-4-6-11)20(18,19)14-9-12(15)7-8-13(14)16/h2-9H,10H2,1H3. The van der Waals surface area contributed by atoms with Gasteiger partial charge in [-0.2, -0.15) is 4.31 Å². The molecule has 0 atom stereocenters. The van der Waals surface area contributed by atoms with Gasteiger partial charge in [-0.05, 0) is 23.8 Å². The van der Waals surface area contributed by atoms with Crippen molar-refractivity contribution in [2.45, 2.75) is 11.4 Å². The summed E-state index contributed by atoms with van der Waals surface area (Å²) in [6.45, 7) is 0.190. The second kappa shape index (κ2) is 6.03. The molecule has 0 saturated carbocycles. The molecule has 6 heteroatoms. The van der Waals surface area contributed by atoms with E-state index in [1.165, 1.54) is 19.2 Å². The normalized spacial score (nSPS) is 11.8. The number of rotatable bonds is 4. The minimum Gasteiger partial charge on any atom is -0.207 e. The zero-order valence-electron chi connectivity index (χ0n) is 10.8. The Morgan fingerprint density at radius 1 is 1.15 bits per heavy atom. The molecule has 0 radical (unpaired) electrons. The van der Waals surface area contributed by atoms with Gasteiger partial charge in [0.1, 0.15) is 10.7 Å². The SMILES string of the molecule is CN(Cc1ccccc1)S(=O)(=O)c1cc(Br)ccc1F. The van der Waals surface area contributed by atoms with Crippen LogP contribution in [-0.4, -0.2) is 19.8 Å². The highest BCUT2D eigenvalue weighted by molar-refractivity contribution is 9.10. The Bertz CT molecular complexity index is 704. The van der Waals surface area contributed by atoms with Gasteiger partial charge in [-0.25, -0.2) is 12.8 Å². The first-order chi connectivity index (χ1) is 9.41. The van der Waals surface area contributed by atoms with Crippen molar-refractivity contribution >= 4 is 26.0 Å². The zero-order valence-corrected chi connectivity index (χ0v) is 13.2. The van der Waals surface area contributed by atoms with Crippen molar-refractivity contribution in [3.8, 4) is 0 Å². The van der Waals surface area contributed by atoms with Gasteiger partial charge in [-0.1, -0.05) is 46.3 Å². The predicted molar refractivity (Wildman–Crippen MR) is 79.2 cm³/mol. The maximum atomic E-state index is 13.7. The Morgan fingerprint density at radius 2 is 1.80 bits per heavy atom. The molecule has 0 saturated heterocycles. The molecule has 2 rings (SSSR count). The van der Waals surface area contributed by atoms with Crippen LogP contribution in [-0.2, 0) is 16.6 Å². The predicted octanol–water partition coefficient (Wildman–Crippen LogP) is 3.41. The largest absolute Gasteiger partial charge is 0.246 e. The molecule has 3 nitrogen and oxygen atoms in total. The Hall–Kier alpha value is -1.24. The lowest BCUT2D eigenvalue weighted by Crippen LogP contribution is -2.27. The quantitative estimate of drug-likeness (QED) is 0.840. The third-order valence-corrected chi connectivity index (χ3v) is 5.14. The number of hydrogen-bond donors (Lipinski definition) is 0. The van der Waals surface area contributed by atoms with Crippen LogP contribution in [0.3, 0.4) is 0 Å². The van der Waals surface area contributed by atoms with E-state index in [0.717, 1.165) is 15.9 Å². The zero-order chi connectivity index (χ0) is 14.8. The first-order valence-electron chi connectivity index (χ1n) is 5.86. The van der Waals surface area contributed by atoms with Crippen LogP contribution in [0, 0.1) is 5.82 Å². The first kappa shape index (κ1) is 15.2. The van der Waals surface area contributed by atoms with Gasteiger partial charge < -0.3 is 0 Å². The van der Waals surface area contributed by atoms with Gasteiger partial charge >= 0.3 is 0 Å². The molecule has 2 aromatic carbocycles. The van der Waals surface area contributed by atoms with Crippen LogP contribution in [0.15, 0.2) is 57.9 Å². The van der Waals surface area contributed by atoms with Crippen LogP contribution in [0.4, 0.5) is 4.39 Å². The van der Waals surface area contributed by atoms with Gasteiger partial charge in [0.05, 0.1) is 0 Å². The summed E-state index contributed by atoms with van der Waals surface area (Å²) < 4.78 is 40.1. The van der Waals surface area contributed by atoms with E-state index in [4.69, 9.17) is 0 Å². The summed E-state index contributed by atoms with van der Waals surface area (Å²) in [6, 6.07) is 13.0. The van der Waals surface area contributed by atoms with Crippen LogP contribution in [0.1, 0.15) is 5.56 Å². The highest BCUT2D eigenvalue weighted by Crippen LogP contribution is 2.23. The number of halogens is 2. The van der Waals surface area contributed by atoms with E-state index >= 15 is 0 Å². The molecular weight excluding hydrogens is 345 g/mol. The minimum atomic E-state index is -3.86. The third kappa shape index (κ3) is 3.26. The molecule has 106 valence electrons. The van der Waals surface area contributed by atoms with E-state index in [-0.39, 0.29) is 11.4 Å². The van der Waals surface area contributed by atoms with Gasteiger partial charge in [0.2, 0.25) is 10.0 Å². The number of nitrogens with zero attached hydrogens (tertiary/aromatic N) is 1. The molecular formula is C14H13BrFNO2S. The van der Waals surface area contributed by atoms with E-state index < -0.39 is 15.8 Å². The Morgan fingerprint density at radius 3 is 2.45 bits per heavy atom. The lowest BCUT2D eigenvalue weighted by molar-refractivity contribution is 0.460. The highest BCUT2D eigenvalue weighted by atomic mass is 79.9. The van der Waals surface area contributed by atoms with E-state index in [9.17, 15) is 12.8 Å². The van der Waals surface area contributed by atoms with Gasteiger partial charge in [-0.3, -0.25) is 0 Å². The summed E-state index contributed by atoms with van der Waals surface area (Å²) in [7, 11) is -2.43. The van der Waals surface area contributed by atoms with E-state index in [1.807, 2.05) is 30.3 Å². The molecule has 0 amide bonds. The van der Waals surface area contributed by atoms with Crippen molar-refractivity contribution in [3.05, 3.63) is 64.4 Å². The molecule has 0 aliphatic rings. The van der Waals surface area contributed by atoms with Crippen LogP contribution < -0.4 is 0 Å². The first-order valence-corrected chi connectivity index (χ1v) is 8.10. The van der Waals surface area contributed by atoms with Crippen molar-refractivity contribution in [3.63, 3.8) is 0 Å². The van der Waals surface area contributed by atoms with Crippen molar-refractivity contribution in [1.29, 1.82) is 0 Å². The van der Waals surface area contributed by atoms with E-state index in [1.54, 1.807) is 0 Å². The molecule has 0 N–H and O–H groups in total. The van der Waals surface area contributed by atoms with Gasteiger partial charge in [0, 0.05) is 18.1 Å². The molecule has 0 unspecified atom stereocenters. The molecule has 0 bridgehead atoms. The fourth-order valence-corrected chi connectivity index (χ4v) is 3.53. The van der Waals surface area contributed by atoms with E-state index in [2.05, 4.69) is 15.9 Å². The maximum absolute atomic E-state index is 13.7. The topological polar surface area (TPSA) is 37.4 Å². The average molecular weight is 358 g/mol. The maximum Gasteiger partial charge on any atom is 0.246 e. The fourth-order valence-electron chi connectivity index (χ4n) is 1.77. The smallest absolute Gasteiger partial charge is 0.207 e. The third-order valence-electron chi connectivity index (χ3n) is 2.83. The van der Waals surface area contributed by atoms with E-state index in [0.29, 0.717) is 4.47 Å². The second-order valence-corrected chi connectivity index (χ2v) is 7.25. The van der Waals surface area contributed by atoms with Crippen LogP contribution in [0.2, 0.25) is 0 Å².